The molecule has 0 aromatic heterocycles. The summed E-state index contributed by atoms with van der Waals surface area (Å²) in [6.07, 6.45) is 0.665. The standard InChI is InChI=1S/C25H28O5/c1-17-3-7-19(8-4-17)21-27-13-24(14-28-21)11-12-25(23(24)26)15-29-22(30-16-25)20-9-5-18(2)6-10-20/h3-10,21-22H,11-16H2,1-2H3. The van der Waals surface area contributed by atoms with Crippen LogP contribution in [0.25, 0.3) is 0 Å². The van der Waals surface area contributed by atoms with Crippen molar-refractivity contribution < 1.29 is 23.7 Å². The fraction of sp³-hybridized carbons (Fsp3) is 0.480. The largest absolute Gasteiger partial charge is 0.347 e. The zero-order chi connectivity index (χ0) is 20.8. The summed E-state index contributed by atoms with van der Waals surface area (Å²) in [5, 5.41) is 0. The van der Waals surface area contributed by atoms with Gasteiger partial charge in [0.1, 0.15) is 0 Å². The number of ketones is 1. The number of aryl methyl sites for hydroxylation is 2. The van der Waals surface area contributed by atoms with Crippen LogP contribution >= 0.6 is 0 Å². The van der Waals surface area contributed by atoms with Crippen molar-refractivity contribution >= 4 is 5.78 Å². The summed E-state index contributed by atoms with van der Waals surface area (Å²) in [4.78, 5) is 13.5. The Hall–Kier alpha value is -2.05. The number of carbonyl (C=O) groups is 1. The van der Waals surface area contributed by atoms with E-state index >= 15 is 0 Å². The lowest BCUT2D eigenvalue weighted by Crippen LogP contribution is -2.50. The van der Waals surface area contributed by atoms with Crippen LogP contribution < -0.4 is 0 Å². The molecule has 0 atom stereocenters. The Morgan fingerprint density at radius 3 is 1.30 bits per heavy atom. The zero-order valence-electron chi connectivity index (χ0n) is 17.6. The van der Waals surface area contributed by atoms with Gasteiger partial charge in [0, 0.05) is 11.1 Å². The summed E-state index contributed by atoms with van der Waals surface area (Å²) in [6, 6.07) is 16.3. The predicted molar refractivity (Wildman–Crippen MR) is 111 cm³/mol. The maximum absolute atomic E-state index is 13.5. The Morgan fingerprint density at radius 1 is 0.633 bits per heavy atom. The number of carbonyl (C=O) groups excluding carboxylic acids is 1. The lowest BCUT2D eigenvalue weighted by molar-refractivity contribution is -0.240. The quantitative estimate of drug-likeness (QED) is 0.736. The first-order valence-corrected chi connectivity index (χ1v) is 10.6. The van der Waals surface area contributed by atoms with Gasteiger partial charge < -0.3 is 18.9 Å². The lowest BCUT2D eigenvalue weighted by Gasteiger charge is -2.40. The highest BCUT2D eigenvalue weighted by Gasteiger charge is 2.60. The van der Waals surface area contributed by atoms with Crippen molar-refractivity contribution in [3.05, 3.63) is 70.8 Å². The molecule has 5 rings (SSSR count). The Labute approximate surface area is 177 Å². The van der Waals surface area contributed by atoms with Gasteiger partial charge in [-0.3, -0.25) is 4.79 Å². The van der Waals surface area contributed by atoms with Crippen molar-refractivity contribution in [1.82, 2.24) is 0 Å². The molecule has 30 heavy (non-hydrogen) atoms. The van der Waals surface area contributed by atoms with Crippen LogP contribution in [0.1, 0.15) is 47.7 Å². The van der Waals surface area contributed by atoms with Crippen LogP contribution in [0.2, 0.25) is 0 Å². The third-order valence-corrected chi connectivity index (χ3v) is 6.79. The third kappa shape index (κ3) is 3.40. The molecule has 3 aliphatic rings. The molecule has 0 amide bonds. The van der Waals surface area contributed by atoms with Gasteiger partial charge in [-0.2, -0.15) is 0 Å². The van der Waals surface area contributed by atoms with Crippen molar-refractivity contribution in [2.75, 3.05) is 26.4 Å². The van der Waals surface area contributed by atoms with Gasteiger partial charge in [-0.15, -0.1) is 0 Å². The highest BCUT2D eigenvalue weighted by molar-refractivity contribution is 5.93. The van der Waals surface area contributed by atoms with Crippen LogP contribution in [0.5, 0.6) is 0 Å². The summed E-state index contributed by atoms with van der Waals surface area (Å²) in [5.74, 6) is 0.166. The van der Waals surface area contributed by atoms with E-state index in [9.17, 15) is 4.79 Å². The number of benzene rings is 2. The molecule has 2 aromatic rings. The molecule has 0 N–H and O–H groups in total. The zero-order valence-corrected chi connectivity index (χ0v) is 17.6. The van der Waals surface area contributed by atoms with E-state index in [1.165, 1.54) is 11.1 Å². The van der Waals surface area contributed by atoms with Gasteiger partial charge in [-0.1, -0.05) is 59.7 Å². The Balaban J connectivity index is 1.23. The molecule has 158 valence electrons. The highest BCUT2D eigenvalue weighted by atomic mass is 16.7. The van der Waals surface area contributed by atoms with E-state index < -0.39 is 23.4 Å². The summed E-state index contributed by atoms with van der Waals surface area (Å²) >= 11 is 0. The molecular formula is C25H28O5. The van der Waals surface area contributed by atoms with E-state index in [2.05, 4.69) is 13.8 Å². The molecule has 0 radical (unpaired) electrons. The monoisotopic (exact) mass is 408 g/mol. The molecule has 5 nitrogen and oxygen atoms in total. The van der Waals surface area contributed by atoms with Gasteiger partial charge in [-0.25, -0.2) is 0 Å². The predicted octanol–water partition coefficient (Wildman–Crippen LogP) is 4.43. The highest BCUT2D eigenvalue weighted by Crippen LogP contribution is 2.51. The van der Waals surface area contributed by atoms with Crippen molar-refractivity contribution in [3.8, 4) is 0 Å². The molecule has 2 heterocycles. The molecule has 2 saturated heterocycles. The second-order valence-corrected chi connectivity index (χ2v) is 9.12. The minimum atomic E-state index is -0.593. The average Bonchev–Trinajstić information content (AvgIpc) is 3.03. The molecule has 2 aliphatic heterocycles. The van der Waals surface area contributed by atoms with E-state index in [1.54, 1.807) is 0 Å². The second-order valence-electron chi connectivity index (χ2n) is 9.12. The van der Waals surface area contributed by atoms with Crippen LogP contribution in [0.3, 0.4) is 0 Å². The minimum absolute atomic E-state index is 0.166. The molecule has 3 fully saturated rings. The fourth-order valence-corrected chi connectivity index (χ4v) is 4.77. The van der Waals surface area contributed by atoms with Crippen LogP contribution in [0.15, 0.2) is 48.5 Å². The van der Waals surface area contributed by atoms with Gasteiger partial charge in [0.05, 0.1) is 37.3 Å². The molecule has 5 heteroatoms. The maximum atomic E-state index is 13.5. The molecule has 0 bridgehead atoms. The van der Waals surface area contributed by atoms with Crippen LogP contribution in [-0.2, 0) is 23.7 Å². The normalized spacial score (nSPS) is 34.0. The Bertz CT molecular complexity index is 826. The first kappa shape index (κ1) is 19.9. The van der Waals surface area contributed by atoms with Crippen LogP contribution in [-0.4, -0.2) is 32.2 Å². The molecule has 2 spiro atoms. The Morgan fingerprint density at radius 2 is 0.967 bits per heavy atom. The third-order valence-electron chi connectivity index (χ3n) is 6.79. The van der Waals surface area contributed by atoms with Crippen LogP contribution in [0, 0.1) is 24.7 Å². The molecular weight excluding hydrogens is 380 g/mol. The summed E-state index contributed by atoms with van der Waals surface area (Å²) in [5.41, 5.74) is 3.18. The van der Waals surface area contributed by atoms with Crippen molar-refractivity contribution in [2.45, 2.75) is 39.3 Å². The molecule has 0 unspecified atom stereocenters. The summed E-state index contributed by atoms with van der Waals surface area (Å²) in [6.45, 7) is 5.63. The Kier molecular flexibility index (Phi) is 5.02. The molecule has 2 aromatic carbocycles. The van der Waals surface area contributed by atoms with E-state index in [0.717, 1.165) is 24.0 Å². The number of hydrogen-bond acceptors (Lipinski definition) is 5. The van der Waals surface area contributed by atoms with Gasteiger partial charge in [-0.05, 0) is 26.7 Å². The molecule has 1 saturated carbocycles. The summed E-state index contributed by atoms with van der Waals surface area (Å²) < 4.78 is 24.1. The van der Waals surface area contributed by atoms with E-state index in [0.29, 0.717) is 26.4 Å². The van der Waals surface area contributed by atoms with E-state index in [4.69, 9.17) is 18.9 Å². The van der Waals surface area contributed by atoms with Crippen molar-refractivity contribution in [2.24, 2.45) is 10.8 Å². The maximum Gasteiger partial charge on any atom is 0.183 e. The fourth-order valence-electron chi connectivity index (χ4n) is 4.77. The van der Waals surface area contributed by atoms with Gasteiger partial charge in [0.15, 0.2) is 18.4 Å². The number of hydrogen-bond donors (Lipinski definition) is 0. The van der Waals surface area contributed by atoms with Crippen LogP contribution in [0.4, 0.5) is 0 Å². The van der Waals surface area contributed by atoms with E-state index in [-0.39, 0.29) is 5.78 Å². The van der Waals surface area contributed by atoms with E-state index in [1.807, 2.05) is 48.5 Å². The number of rotatable bonds is 2. The first-order valence-electron chi connectivity index (χ1n) is 10.6. The van der Waals surface area contributed by atoms with Gasteiger partial charge in [0.2, 0.25) is 0 Å². The SMILES string of the molecule is Cc1ccc(C2OCC3(CCC4(COC(c5ccc(C)cc5)OC4)C3=O)CO2)cc1. The summed E-state index contributed by atoms with van der Waals surface area (Å²) in [7, 11) is 0. The van der Waals surface area contributed by atoms with Gasteiger partial charge in [0.25, 0.3) is 0 Å². The minimum Gasteiger partial charge on any atom is -0.347 e. The molecule has 1 aliphatic carbocycles. The van der Waals surface area contributed by atoms with Crippen molar-refractivity contribution in [3.63, 3.8) is 0 Å². The second kappa shape index (κ2) is 7.57. The number of Topliss-reactive ketones (excluding diaryl/α,β-unsaturated/α-hetero) is 1. The lowest BCUT2D eigenvalue weighted by atomic mass is 9.78. The van der Waals surface area contributed by atoms with Crippen molar-refractivity contribution in [1.29, 1.82) is 0 Å². The topological polar surface area (TPSA) is 54.0 Å². The average molecular weight is 408 g/mol. The smallest absolute Gasteiger partial charge is 0.183 e. The first-order chi connectivity index (χ1) is 14.5. The number of ether oxygens (including phenoxy) is 4. The van der Waals surface area contributed by atoms with Gasteiger partial charge >= 0.3 is 0 Å².